The highest BCUT2D eigenvalue weighted by Crippen LogP contribution is 1.95. The van der Waals surface area contributed by atoms with E-state index >= 15 is 0 Å². The fourth-order valence-electron chi connectivity index (χ4n) is 1.23. The molecular formula is C9H12N6. The molecule has 1 N–H and O–H groups in total. The third-order valence-corrected chi connectivity index (χ3v) is 1.87. The summed E-state index contributed by atoms with van der Waals surface area (Å²) in [6, 6.07) is 1.79. The molecule has 0 aliphatic carbocycles. The van der Waals surface area contributed by atoms with Gasteiger partial charge in [-0.05, 0) is 13.1 Å². The van der Waals surface area contributed by atoms with Crippen molar-refractivity contribution in [1.82, 2.24) is 30.3 Å². The minimum absolute atomic E-state index is 0.553. The van der Waals surface area contributed by atoms with Crippen LogP contribution in [0.3, 0.4) is 0 Å². The van der Waals surface area contributed by atoms with E-state index in [4.69, 9.17) is 0 Å². The lowest BCUT2D eigenvalue weighted by Crippen LogP contribution is -2.05. The van der Waals surface area contributed by atoms with Crippen LogP contribution in [0.1, 0.15) is 11.5 Å². The van der Waals surface area contributed by atoms with Gasteiger partial charge in [-0.2, -0.15) is 0 Å². The second-order valence-electron chi connectivity index (χ2n) is 3.10. The quantitative estimate of drug-likeness (QED) is 0.749. The average Bonchev–Trinajstić information content (AvgIpc) is 2.68. The van der Waals surface area contributed by atoms with Crippen molar-refractivity contribution in [2.45, 2.75) is 13.1 Å². The molecule has 15 heavy (non-hydrogen) atoms. The van der Waals surface area contributed by atoms with Crippen molar-refractivity contribution in [3.05, 3.63) is 36.2 Å². The highest BCUT2D eigenvalue weighted by molar-refractivity contribution is 4.94. The van der Waals surface area contributed by atoms with Gasteiger partial charge in [0.05, 0.1) is 11.9 Å². The van der Waals surface area contributed by atoms with Gasteiger partial charge >= 0.3 is 0 Å². The van der Waals surface area contributed by atoms with Gasteiger partial charge in [-0.15, -0.1) is 5.10 Å². The van der Waals surface area contributed by atoms with Crippen LogP contribution in [0.15, 0.2) is 24.7 Å². The van der Waals surface area contributed by atoms with Crippen molar-refractivity contribution in [3.8, 4) is 0 Å². The van der Waals surface area contributed by atoms with Crippen LogP contribution in [-0.2, 0) is 13.1 Å². The summed E-state index contributed by atoms with van der Waals surface area (Å²) in [5.41, 5.74) is 0.911. The molecule has 0 saturated heterocycles. The molecule has 0 unspecified atom stereocenters. The molecule has 2 aromatic heterocycles. The molecule has 0 fully saturated rings. The van der Waals surface area contributed by atoms with Crippen LogP contribution in [0.5, 0.6) is 0 Å². The highest BCUT2D eigenvalue weighted by atomic mass is 15.4. The maximum Gasteiger partial charge on any atom is 0.149 e. The molecule has 0 spiro atoms. The third kappa shape index (κ3) is 2.57. The second-order valence-corrected chi connectivity index (χ2v) is 3.10. The zero-order valence-electron chi connectivity index (χ0n) is 8.46. The molecule has 0 aromatic carbocycles. The summed E-state index contributed by atoms with van der Waals surface area (Å²) < 4.78 is 1.72. The maximum absolute atomic E-state index is 4.11. The second kappa shape index (κ2) is 4.61. The average molecular weight is 204 g/mol. The van der Waals surface area contributed by atoms with E-state index < -0.39 is 0 Å². The number of hydrogen-bond acceptors (Lipinski definition) is 5. The Labute approximate surface area is 87.4 Å². The van der Waals surface area contributed by atoms with Crippen molar-refractivity contribution in [2.24, 2.45) is 0 Å². The lowest BCUT2D eigenvalue weighted by molar-refractivity contribution is 0.624. The predicted octanol–water partition coefficient (Wildman–Crippen LogP) is -0.164. The molecule has 0 atom stereocenters. The lowest BCUT2D eigenvalue weighted by atomic mass is 10.5. The monoisotopic (exact) mass is 204 g/mol. The van der Waals surface area contributed by atoms with Gasteiger partial charge in [0.15, 0.2) is 0 Å². The van der Waals surface area contributed by atoms with E-state index in [-0.39, 0.29) is 0 Å². The molecule has 0 amide bonds. The highest BCUT2D eigenvalue weighted by Gasteiger charge is 2.01. The van der Waals surface area contributed by atoms with E-state index in [1.807, 2.05) is 13.2 Å². The first-order valence-corrected chi connectivity index (χ1v) is 4.68. The largest absolute Gasteiger partial charge is 0.314 e. The molecule has 0 radical (unpaired) electrons. The third-order valence-electron chi connectivity index (χ3n) is 1.87. The fraction of sp³-hybridized carbons (Fsp3) is 0.333. The number of hydrogen-bond donors (Lipinski definition) is 1. The lowest BCUT2D eigenvalue weighted by Gasteiger charge is -1.97. The summed E-state index contributed by atoms with van der Waals surface area (Å²) in [5, 5.41) is 11.0. The van der Waals surface area contributed by atoms with E-state index in [0.29, 0.717) is 6.54 Å². The number of nitrogens with zero attached hydrogens (tertiary/aromatic N) is 5. The fourth-order valence-corrected chi connectivity index (χ4v) is 1.23. The Hall–Kier alpha value is -1.82. The molecule has 2 heterocycles. The number of aromatic nitrogens is 5. The minimum Gasteiger partial charge on any atom is -0.314 e. The van der Waals surface area contributed by atoms with Crippen molar-refractivity contribution in [3.63, 3.8) is 0 Å². The van der Waals surface area contributed by atoms with Crippen molar-refractivity contribution >= 4 is 0 Å². The van der Waals surface area contributed by atoms with E-state index in [2.05, 4.69) is 25.6 Å². The molecule has 2 aromatic rings. The van der Waals surface area contributed by atoms with Gasteiger partial charge in [-0.3, -0.25) is 0 Å². The zero-order valence-corrected chi connectivity index (χ0v) is 8.46. The van der Waals surface area contributed by atoms with Crippen LogP contribution in [0, 0.1) is 0 Å². The number of rotatable bonds is 4. The molecule has 0 saturated carbocycles. The van der Waals surface area contributed by atoms with E-state index in [1.165, 1.54) is 0 Å². The van der Waals surface area contributed by atoms with E-state index in [0.717, 1.165) is 18.1 Å². The SMILES string of the molecule is CNCc1cn(Cc2ncccn2)nn1. The van der Waals surface area contributed by atoms with Gasteiger partial charge in [0.2, 0.25) is 0 Å². The summed E-state index contributed by atoms with van der Waals surface area (Å²) in [4.78, 5) is 8.23. The first-order chi connectivity index (χ1) is 7.38. The first kappa shape index (κ1) is 9.72. The topological polar surface area (TPSA) is 68.5 Å². The van der Waals surface area contributed by atoms with Crippen LogP contribution in [0.4, 0.5) is 0 Å². The Morgan fingerprint density at radius 1 is 1.33 bits per heavy atom. The van der Waals surface area contributed by atoms with Gasteiger partial charge in [0.25, 0.3) is 0 Å². The summed E-state index contributed by atoms with van der Waals surface area (Å²) in [6.07, 6.45) is 5.31. The molecular weight excluding hydrogens is 192 g/mol. The maximum atomic E-state index is 4.11. The Kier molecular flexibility index (Phi) is 2.99. The molecule has 6 nitrogen and oxygen atoms in total. The summed E-state index contributed by atoms with van der Waals surface area (Å²) in [6.45, 7) is 1.27. The van der Waals surface area contributed by atoms with E-state index in [9.17, 15) is 0 Å². The van der Waals surface area contributed by atoms with Crippen LogP contribution in [0.2, 0.25) is 0 Å². The molecule has 78 valence electrons. The van der Waals surface area contributed by atoms with Gasteiger partial charge in [-0.25, -0.2) is 14.6 Å². The van der Waals surface area contributed by atoms with E-state index in [1.54, 1.807) is 23.1 Å². The molecule has 0 aliphatic rings. The normalized spacial score (nSPS) is 10.5. The van der Waals surface area contributed by atoms with Gasteiger partial charge < -0.3 is 5.32 Å². The Morgan fingerprint density at radius 2 is 2.13 bits per heavy atom. The standard InChI is InChI=1S/C9H12N6/c1-10-5-8-6-15(14-13-8)7-9-11-3-2-4-12-9/h2-4,6,10H,5,7H2,1H3. The van der Waals surface area contributed by atoms with Gasteiger partial charge in [0, 0.05) is 18.9 Å². The Balaban J connectivity index is 2.05. The van der Waals surface area contributed by atoms with Crippen LogP contribution >= 0.6 is 0 Å². The first-order valence-electron chi connectivity index (χ1n) is 4.68. The summed E-state index contributed by atoms with van der Waals surface area (Å²) >= 11 is 0. The Morgan fingerprint density at radius 3 is 2.87 bits per heavy atom. The van der Waals surface area contributed by atoms with Gasteiger partial charge in [-0.1, -0.05) is 5.21 Å². The molecule has 0 bridgehead atoms. The van der Waals surface area contributed by atoms with Crippen LogP contribution < -0.4 is 5.32 Å². The van der Waals surface area contributed by atoms with Crippen molar-refractivity contribution < 1.29 is 0 Å². The summed E-state index contributed by atoms with van der Waals surface area (Å²) in [5.74, 6) is 0.735. The number of nitrogens with one attached hydrogen (secondary N) is 1. The van der Waals surface area contributed by atoms with Crippen molar-refractivity contribution in [2.75, 3.05) is 7.05 Å². The minimum atomic E-state index is 0.553. The summed E-state index contributed by atoms with van der Waals surface area (Å²) in [7, 11) is 1.87. The molecule has 6 heteroatoms. The van der Waals surface area contributed by atoms with Crippen LogP contribution in [0.25, 0.3) is 0 Å². The smallest absolute Gasteiger partial charge is 0.149 e. The molecule has 2 rings (SSSR count). The zero-order chi connectivity index (χ0) is 10.5. The predicted molar refractivity (Wildman–Crippen MR) is 53.9 cm³/mol. The van der Waals surface area contributed by atoms with Gasteiger partial charge in [0.1, 0.15) is 12.4 Å². The molecule has 0 aliphatic heterocycles. The van der Waals surface area contributed by atoms with Crippen LogP contribution in [-0.4, -0.2) is 32.0 Å². The Bertz CT molecular complexity index is 410. The van der Waals surface area contributed by atoms with Crippen molar-refractivity contribution in [1.29, 1.82) is 0 Å².